The molecular formula is C82H136N12O10S. The molecule has 1 atom stereocenters. The Kier molecular flexibility index (Phi) is 54.6. The lowest BCUT2D eigenvalue weighted by molar-refractivity contribution is -0.131. The van der Waals surface area contributed by atoms with Crippen molar-refractivity contribution in [3.63, 3.8) is 0 Å². The van der Waals surface area contributed by atoms with Gasteiger partial charge in [0.1, 0.15) is 5.82 Å². The number of hydrogen-bond acceptors (Lipinski definition) is 16. The maximum absolute atomic E-state index is 11.3. The van der Waals surface area contributed by atoms with Gasteiger partial charge in [-0.1, -0.05) is 143 Å². The first kappa shape index (κ1) is 98.8. The fourth-order valence-corrected chi connectivity index (χ4v) is 12.5. The summed E-state index contributed by atoms with van der Waals surface area (Å²) in [5.74, 6) is 4.21. The van der Waals surface area contributed by atoms with Crippen molar-refractivity contribution in [3.05, 3.63) is 148 Å². The zero-order chi connectivity index (χ0) is 71.4. The number of carbonyl (C=O) groups is 7. The van der Waals surface area contributed by atoms with E-state index in [1.165, 1.54) is 108 Å². The molecule has 0 radical (unpaired) electrons. The summed E-state index contributed by atoms with van der Waals surface area (Å²) in [4.78, 5) is 98.1. The number of carbonyl (C=O) groups excluding carboxylic acids is 7. The van der Waals surface area contributed by atoms with E-state index in [9.17, 15) is 38.7 Å². The standard InChI is InChI=1S/C14H18N2O3.C14H26N2O.C11H15N3O.C10H13NO2.C10H17NO.C9H12N2O.C8H11NOS.6CH4/c1-11(17)16-6-4-15(5-7-16)9-12-2-3-13-14(8-12)19-10-18-13;1-13(17)16-11-9-15(10-12-16)8-7-14-5-3-2-4-6-14;1-10(15)13-6-8-14(9-7-13)11-4-2-3-5-12-11;1-8(12)11-7-10(13)9-5-3-2-4-6-9;1-9(12)11-8-7-10-5-3-2-4-6-10;1-8(12)11-6-4-9-3-2-5-10-7-9;1-7(10)9-5-4-8-3-2-6-11-8;;;;;;/h2-3,8H,4-7,9-10H2,1H3;14H,2-12H2,1H3;2-5H,6-9H2,1H3;2-6,10,13H,7H2,1H3,(H,11,12);5H,2-4,6-8H2,1H3,(H,11,12);2-3,5,7H,4,6H2,1H3,(H,11,12);2-3,6H,4-5H2,1H3,(H,9,10);6*1H4. The normalized spacial score (nSPS) is 15.1. The fraction of sp³-hybridized carbons (Fsp3) is 0.573. The molecule has 11 rings (SSSR count). The summed E-state index contributed by atoms with van der Waals surface area (Å²) < 4.78 is 10.7. The minimum atomic E-state index is -0.620. The highest BCUT2D eigenvalue weighted by Gasteiger charge is 2.23. The molecule has 6 aliphatic rings. The van der Waals surface area contributed by atoms with Gasteiger partial charge in [0.25, 0.3) is 0 Å². The van der Waals surface area contributed by atoms with Crippen molar-refractivity contribution in [2.45, 2.75) is 189 Å². The third-order valence-corrected chi connectivity index (χ3v) is 18.5. The zero-order valence-electron chi connectivity index (χ0n) is 59.9. The predicted octanol–water partition coefficient (Wildman–Crippen LogP) is 12.8. The Bertz CT molecular complexity index is 3140. The second-order valence-electron chi connectivity index (χ2n) is 25.4. The van der Waals surface area contributed by atoms with Gasteiger partial charge in [0.05, 0.1) is 6.10 Å². The molecule has 2 aliphatic carbocycles. The van der Waals surface area contributed by atoms with Crippen LogP contribution in [0, 0.1) is 5.92 Å². The van der Waals surface area contributed by atoms with Crippen molar-refractivity contribution in [3.8, 4) is 11.5 Å². The summed E-state index contributed by atoms with van der Waals surface area (Å²) in [7, 11) is 0. The Balaban J connectivity index is 0. The highest BCUT2D eigenvalue weighted by molar-refractivity contribution is 7.09. The summed E-state index contributed by atoms with van der Waals surface area (Å²) in [5, 5.41) is 22.4. The van der Waals surface area contributed by atoms with Crippen molar-refractivity contribution >= 4 is 58.5 Å². The lowest BCUT2D eigenvalue weighted by Crippen LogP contribution is -2.48. The van der Waals surface area contributed by atoms with Crippen LogP contribution in [0.3, 0.4) is 0 Å². The number of ether oxygens (including phenoxy) is 2. The third-order valence-electron chi connectivity index (χ3n) is 17.5. The van der Waals surface area contributed by atoms with E-state index in [0.29, 0.717) is 13.3 Å². The predicted molar refractivity (Wildman–Crippen MR) is 432 cm³/mol. The van der Waals surface area contributed by atoms with Gasteiger partial charge in [0.15, 0.2) is 11.5 Å². The van der Waals surface area contributed by atoms with Gasteiger partial charge in [-0.2, -0.15) is 0 Å². The molecule has 1 unspecified atom stereocenters. The summed E-state index contributed by atoms with van der Waals surface area (Å²) in [6.45, 7) is 26.8. The molecule has 5 N–H and O–H groups in total. The molecule has 3 saturated heterocycles. The summed E-state index contributed by atoms with van der Waals surface area (Å²) in [6.07, 6.45) is 23.6. The molecule has 23 heteroatoms. The molecule has 5 aromatic rings. The van der Waals surface area contributed by atoms with E-state index in [4.69, 9.17) is 9.47 Å². The van der Waals surface area contributed by atoms with Crippen molar-refractivity contribution in [2.75, 3.05) is 123 Å². The Morgan fingerprint density at radius 1 is 0.533 bits per heavy atom. The van der Waals surface area contributed by atoms with E-state index in [-0.39, 0.29) is 92.5 Å². The number of aliphatic hydroxyl groups is 1. The quantitative estimate of drug-likeness (QED) is 0.0512. The summed E-state index contributed by atoms with van der Waals surface area (Å²) in [6, 6.07) is 29.2. The molecule has 4 fully saturated rings. The number of thiophene rings is 1. The van der Waals surface area contributed by atoms with E-state index < -0.39 is 6.10 Å². The number of aromatic nitrogens is 2. The maximum Gasteiger partial charge on any atom is 0.231 e. The van der Waals surface area contributed by atoms with E-state index in [0.717, 1.165) is 152 Å². The fourth-order valence-electron chi connectivity index (χ4n) is 11.7. The first-order valence-corrected chi connectivity index (χ1v) is 36.2. The number of amides is 7. The number of aliphatic hydroxyl groups excluding tert-OH is 1. The molecule has 590 valence electrons. The van der Waals surface area contributed by atoms with Gasteiger partial charge < -0.3 is 55.4 Å². The van der Waals surface area contributed by atoms with Crippen LogP contribution in [0.25, 0.3) is 0 Å². The maximum atomic E-state index is 11.3. The minimum absolute atomic E-state index is 0. The highest BCUT2D eigenvalue weighted by Crippen LogP contribution is 2.33. The molecule has 3 aromatic heterocycles. The smallest absolute Gasteiger partial charge is 0.231 e. The van der Waals surface area contributed by atoms with Gasteiger partial charge in [0, 0.05) is 183 Å². The number of piperazine rings is 3. The van der Waals surface area contributed by atoms with Crippen molar-refractivity contribution < 1.29 is 48.1 Å². The van der Waals surface area contributed by atoms with Crippen molar-refractivity contribution in [1.82, 2.24) is 55.7 Å². The third kappa shape index (κ3) is 43.1. The molecule has 0 spiro atoms. The number of nitrogens with one attached hydrogen (secondary N) is 4. The Hall–Kier alpha value is -8.25. The number of allylic oxidation sites excluding steroid dienone is 1. The Morgan fingerprint density at radius 2 is 1.09 bits per heavy atom. The number of pyridine rings is 2. The SMILES string of the molecule is C.C.C.C.C.C.CC(=O)N1CCN(CCC2CCCCC2)CC1.CC(=O)N1CCN(Cc2ccc3c(c2)OCO3)CC1.CC(=O)N1CCN(c2ccccn2)CC1.CC(=O)NCC(O)c1ccccc1.CC(=O)NCCC1=CCCCC1.CC(=O)NCCc1cccnc1.CC(=O)NCCc1cccs1. The monoisotopic (exact) mass is 1480 g/mol. The van der Waals surface area contributed by atoms with Crippen molar-refractivity contribution in [1.29, 1.82) is 0 Å². The molecule has 105 heavy (non-hydrogen) atoms. The second-order valence-corrected chi connectivity index (χ2v) is 26.4. The van der Waals surface area contributed by atoms with Gasteiger partial charge in [0.2, 0.25) is 48.1 Å². The average Bonchev–Trinajstić information content (AvgIpc) is 1.73. The van der Waals surface area contributed by atoms with Crippen LogP contribution in [-0.2, 0) is 52.9 Å². The molecule has 2 aromatic carbocycles. The lowest BCUT2D eigenvalue weighted by Gasteiger charge is -2.35. The van der Waals surface area contributed by atoms with Gasteiger partial charge in [-0.3, -0.25) is 48.3 Å². The molecule has 4 aliphatic heterocycles. The molecule has 7 heterocycles. The molecule has 0 bridgehead atoms. The van der Waals surface area contributed by atoms with Gasteiger partial charge >= 0.3 is 0 Å². The highest BCUT2D eigenvalue weighted by atomic mass is 32.1. The van der Waals surface area contributed by atoms with E-state index in [1.807, 2.05) is 105 Å². The number of fused-ring (bicyclic) bond motifs is 1. The summed E-state index contributed by atoms with van der Waals surface area (Å²) in [5.41, 5.74) is 4.71. The van der Waals surface area contributed by atoms with E-state index in [1.54, 1.807) is 51.4 Å². The number of hydrogen-bond donors (Lipinski definition) is 5. The van der Waals surface area contributed by atoms with Crippen LogP contribution in [0.5, 0.6) is 11.5 Å². The largest absolute Gasteiger partial charge is 0.454 e. The van der Waals surface area contributed by atoms with Gasteiger partial charge in [-0.05, 0) is 122 Å². The van der Waals surface area contributed by atoms with Crippen LogP contribution < -0.4 is 35.6 Å². The molecule has 7 amide bonds. The number of benzene rings is 2. The number of nitrogens with zero attached hydrogens (tertiary/aromatic N) is 8. The van der Waals surface area contributed by atoms with Crippen LogP contribution in [0.15, 0.2) is 127 Å². The van der Waals surface area contributed by atoms with Crippen LogP contribution >= 0.6 is 11.3 Å². The lowest BCUT2D eigenvalue weighted by atomic mass is 9.87. The van der Waals surface area contributed by atoms with Crippen LogP contribution in [0.2, 0.25) is 0 Å². The Morgan fingerprint density at radius 3 is 1.60 bits per heavy atom. The first-order chi connectivity index (χ1) is 47.8. The van der Waals surface area contributed by atoms with Gasteiger partial charge in [-0.25, -0.2) is 4.98 Å². The molecule has 1 saturated carbocycles. The van der Waals surface area contributed by atoms with Crippen LogP contribution in [0.1, 0.15) is 191 Å². The first-order valence-electron chi connectivity index (χ1n) is 35.4. The van der Waals surface area contributed by atoms with E-state index in [2.05, 4.69) is 64.1 Å². The molecular weight excluding hydrogens is 1350 g/mol. The average molecular weight is 1480 g/mol. The topological polar surface area (TPSA) is 252 Å². The second kappa shape index (κ2) is 58.0. The van der Waals surface area contributed by atoms with Crippen molar-refractivity contribution in [2.24, 2.45) is 5.92 Å². The van der Waals surface area contributed by atoms with E-state index >= 15 is 0 Å². The van der Waals surface area contributed by atoms with Crippen LogP contribution in [0.4, 0.5) is 5.82 Å². The Labute approximate surface area is 636 Å². The molecule has 22 nitrogen and oxygen atoms in total. The number of anilines is 1. The van der Waals surface area contributed by atoms with Gasteiger partial charge in [-0.15, -0.1) is 11.3 Å². The zero-order valence-corrected chi connectivity index (χ0v) is 60.8. The van der Waals surface area contributed by atoms with Crippen LogP contribution in [-0.4, -0.2) is 199 Å². The minimum Gasteiger partial charge on any atom is -0.454 e. The summed E-state index contributed by atoms with van der Waals surface area (Å²) >= 11 is 1.72. The number of rotatable bonds is 18.